The minimum absolute atomic E-state index is 0.224. The minimum atomic E-state index is -0.224. The standard InChI is InChI=1S/C14H18ClN3/c1-14(11-15,13-6-4-3-5-7-13)16-8-12-9-17-18(2)10-12/h3-7,9-10,16H,8,11H2,1-2H3. The van der Waals surface area contributed by atoms with Crippen LogP contribution in [-0.2, 0) is 19.1 Å². The number of benzene rings is 1. The molecule has 96 valence electrons. The van der Waals surface area contributed by atoms with Gasteiger partial charge in [-0.1, -0.05) is 30.3 Å². The third-order valence-electron chi connectivity index (χ3n) is 3.12. The number of nitrogens with one attached hydrogen (secondary N) is 1. The van der Waals surface area contributed by atoms with Crippen molar-refractivity contribution >= 4 is 11.6 Å². The first kappa shape index (κ1) is 13.1. The maximum absolute atomic E-state index is 6.13. The Morgan fingerprint density at radius 1 is 1.33 bits per heavy atom. The van der Waals surface area contributed by atoms with Gasteiger partial charge >= 0.3 is 0 Å². The molecule has 1 N–H and O–H groups in total. The lowest BCUT2D eigenvalue weighted by atomic mass is 9.94. The fraction of sp³-hybridized carbons (Fsp3) is 0.357. The van der Waals surface area contributed by atoms with Crippen LogP contribution in [0.5, 0.6) is 0 Å². The highest BCUT2D eigenvalue weighted by molar-refractivity contribution is 6.18. The van der Waals surface area contributed by atoms with Crippen molar-refractivity contribution in [3.8, 4) is 0 Å². The molecule has 0 bridgehead atoms. The Kier molecular flexibility index (Phi) is 4.04. The van der Waals surface area contributed by atoms with E-state index in [1.54, 1.807) is 4.68 Å². The molecule has 0 radical (unpaired) electrons. The number of hydrogen-bond acceptors (Lipinski definition) is 2. The Hall–Kier alpha value is -1.32. The summed E-state index contributed by atoms with van der Waals surface area (Å²) in [5, 5.41) is 7.67. The van der Waals surface area contributed by atoms with Gasteiger partial charge in [0, 0.05) is 31.2 Å². The molecule has 3 nitrogen and oxygen atoms in total. The van der Waals surface area contributed by atoms with Gasteiger partial charge in [0.1, 0.15) is 0 Å². The lowest BCUT2D eigenvalue weighted by molar-refractivity contribution is 0.406. The number of nitrogens with zero attached hydrogens (tertiary/aromatic N) is 2. The van der Waals surface area contributed by atoms with Crippen LogP contribution in [0.3, 0.4) is 0 Å². The molecule has 1 unspecified atom stereocenters. The summed E-state index contributed by atoms with van der Waals surface area (Å²) < 4.78 is 1.80. The summed E-state index contributed by atoms with van der Waals surface area (Å²) in [6, 6.07) is 10.3. The summed E-state index contributed by atoms with van der Waals surface area (Å²) in [4.78, 5) is 0. The Labute approximate surface area is 113 Å². The molecule has 2 aromatic rings. The van der Waals surface area contributed by atoms with E-state index < -0.39 is 0 Å². The third-order valence-corrected chi connectivity index (χ3v) is 3.65. The molecule has 0 spiro atoms. The molecule has 0 fully saturated rings. The topological polar surface area (TPSA) is 29.9 Å². The average molecular weight is 264 g/mol. The first-order valence-electron chi connectivity index (χ1n) is 5.98. The van der Waals surface area contributed by atoms with Crippen LogP contribution in [0.4, 0.5) is 0 Å². The van der Waals surface area contributed by atoms with Crippen molar-refractivity contribution in [3.05, 3.63) is 53.9 Å². The molecule has 1 atom stereocenters. The first-order valence-corrected chi connectivity index (χ1v) is 6.51. The lowest BCUT2D eigenvalue weighted by Gasteiger charge is -2.29. The zero-order valence-electron chi connectivity index (χ0n) is 10.7. The van der Waals surface area contributed by atoms with Gasteiger partial charge in [0.05, 0.1) is 11.7 Å². The molecule has 2 rings (SSSR count). The number of aryl methyl sites for hydroxylation is 1. The Morgan fingerprint density at radius 3 is 2.61 bits per heavy atom. The van der Waals surface area contributed by atoms with Crippen LogP contribution in [0.25, 0.3) is 0 Å². The second-order valence-electron chi connectivity index (χ2n) is 4.71. The van der Waals surface area contributed by atoms with Crippen LogP contribution in [-0.4, -0.2) is 15.7 Å². The summed E-state index contributed by atoms with van der Waals surface area (Å²) in [7, 11) is 1.92. The average Bonchev–Trinajstić information content (AvgIpc) is 2.83. The summed E-state index contributed by atoms with van der Waals surface area (Å²) in [6.07, 6.45) is 3.87. The number of hydrogen-bond donors (Lipinski definition) is 1. The molecule has 0 saturated heterocycles. The van der Waals surface area contributed by atoms with Gasteiger partial charge in [-0.05, 0) is 12.5 Å². The molecule has 0 saturated carbocycles. The van der Waals surface area contributed by atoms with Gasteiger partial charge in [-0.15, -0.1) is 11.6 Å². The quantitative estimate of drug-likeness (QED) is 0.841. The van der Waals surface area contributed by atoms with Gasteiger partial charge in [0.25, 0.3) is 0 Å². The summed E-state index contributed by atoms with van der Waals surface area (Å²) >= 11 is 6.13. The summed E-state index contributed by atoms with van der Waals surface area (Å²) in [6.45, 7) is 2.87. The molecule has 1 aromatic carbocycles. The molecule has 0 aliphatic rings. The van der Waals surface area contributed by atoms with Crippen LogP contribution in [0, 0.1) is 0 Å². The predicted molar refractivity (Wildman–Crippen MR) is 74.6 cm³/mol. The third kappa shape index (κ3) is 2.92. The van der Waals surface area contributed by atoms with E-state index >= 15 is 0 Å². The second kappa shape index (κ2) is 5.55. The van der Waals surface area contributed by atoms with Crippen molar-refractivity contribution in [3.63, 3.8) is 0 Å². The highest BCUT2D eigenvalue weighted by Gasteiger charge is 2.24. The highest BCUT2D eigenvalue weighted by atomic mass is 35.5. The van der Waals surface area contributed by atoms with Crippen molar-refractivity contribution in [2.75, 3.05) is 5.88 Å². The number of halogens is 1. The van der Waals surface area contributed by atoms with Crippen LogP contribution < -0.4 is 5.32 Å². The van der Waals surface area contributed by atoms with E-state index in [1.807, 2.05) is 37.6 Å². The summed E-state index contributed by atoms with van der Waals surface area (Å²) in [5.41, 5.74) is 2.13. The SMILES string of the molecule is Cn1cc(CNC(C)(CCl)c2ccccc2)cn1. The van der Waals surface area contributed by atoms with E-state index in [1.165, 1.54) is 5.56 Å². The summed E-state index contributed by atoms with van der Waals surface area (Å²) in [5.74, 6) is 0.525. The van der Waals surface area contributed by atoms with Gasteiger partial charge in [-0.3, -0.25) is 4.68 Å². The van der Waals surface area contributed by atoms with Crippen molar-refractivity contribution in [1.82, 2.24) is 15.1 Å². The Balaban J connectivity index is 2.09. The molecule has 1 heterocycles. The van der Waals surface area contributed by atoms with Gasteiger partial charge in [0.15, 0.2) is 0 Å². The Morgan fingerprint density at radius 2 is 2.06 bits per heavy atom. The van der Waals surface area contributed by atoms with E-state index in [4.69, 9.17) is 11.6 Å². The van der Waals surface area contributed by atoms with Crippen LogP contribution in [0.1, 0.15) is 18.1 Å². The van der Waals surface area contributed by atoms with Gasteiger partial charge in [-0.25, -0.2) is 0 Å². The molecule has 0 aliphatic carbocycles. The molecule has 4 heteroatoms. The zero-order valence-corrected chi connectivity index (χ0v) is 11.5. The lowest BCUT2D eigenvalue weighted by Crippen LogP contribution is -2.40. The van der Waals surface area contributed by atoms with E-state index in [0.29, 0.717) is 5.88 Å². The molecule has 0 amide bonds. The minimum Gasteiger partial charge on any atom is -0.302 e. The van der Waals surface area contributed by atoms with Gasteiger partial charge < -0.3 is 5.32 Å². The van der Waals surface area contributed by atoms with E-state index in [-0.39, 0.29) is 5.54 Å². The van der Waals surface area contributed by atoms with Crippen LogP contribution in [0.2, 0.25) is 0 Å². The van der Waals surface area contributed by atoms with Gasteiger partial charge in [0.2, 0.25) is 0 Å². The second-order valence-corrected chi connectivity index (χ2v) is 4.97. The molecule has 18 heavy (non-hydrogen) atoms. The van der Waals surface area contributed by atoms with Crippen LogP contribution in [0.15, 0.2) is 42.7 Å². The molecule has 1 aromatic heterocycles. The fourth-order valence-electron chi connectivity index (χ4n) is 1.89. The monoisotopic (exact) mass is 263 g/mol. The van der Waals surface area contributed by atoms with E-state index in [2.05, 4.69) is 29.5 Å². The van der Waals surface area contributed by atoms with Crippen molar-refractivity contribution in [2.24, 2.45) is 7.05 Å². The predicted octanol–water partition coefficient (Wildman–Crippen LogP) is 2.66. The van der Waals surface area contributed by atoms with Crippen molar-refractivity contribution < 1.29 is 0 Å². The normalized spacial score (nSPS) is 14.4. The maximum Gasteiger partial charge on any atom is 0.0545 e. The number of rotatable bonds is 5. The van der Waals surface area contributed by atoms with E-state index in [9.17, 15) is 0 Å². The smallest absolute Gasteiger partial charge is 0.0545 e. The molecular formula is C14H18ClN3. The molecular weight excluding hydrogens is 246 g/mol. The van der Waals surface area contributed by atoms with Gasteiger partial charge in [-0.2, -0.15) is 5.10 Å². The maximum atomic E-state index is 6.13. The number of aromatic nitrogens is 2. The fourth-order valence-corrected chi connectivity index (χ4v) is 2.14. The van der Waals surface area contributed by atoms with Crippen LogP contribution >= 0.6 is 11.6 Å². The highest BCUT2D eigenvalue weighted by Crippen LogP contribution is 2.22. The molecule has 0 aliphatic heterocycles. The number of alkyl halides is 1. The van der Waals surface area contributed by atoms with E-state index in [0.717, 1.165) is 12.1 Å². The van der Waals surface area contributed by atoms with Crippen molar-refractivity contribution in [1.29, 1.82) is 0 Å². The zero-order chi connectivity index (χ0) is 13.0. The first-order chi connectivity index (χ1) is 8.64. The Bertz CT molecular complexity index is 495. The largest absolute Gasteiger partial charge is 0.302 e. The van der Waals surface area contributed by atoms with Crippen molar-refractivity contribution in [2.45, 2.75) is 19.0 Å².